The predicted octanol–water partition coefficient (Wildman–Crippen LogP) is 4.41. The minimum atomic E-state index is -2.60. The number of allylic oxidation sites excluding steroid dienone is 3. The number of aromatic nitrogens is 1. The number of aryl methyl sites for hydroxylation is 2. The second-order valence-electron chi connectivity index (χ2n) is 6.53. The Morgan fingerprint density at radius 2 is 1.93 bits per heavy atom. The minimum absolute atomic E-state index is 0.389. The number of aliphatic carboxylic acids is 1. The Kier molecular flexibility index (Phi) is 6.12. The first-order valence-corrected chi connectivity index (χ1v) is 8.91. The van der Waals surface area contributed by atoms with Crippen molar-refractivity contribution in [1.29, 1.82) is 0 Å². The molecule has 0 saturated heterocycles. The summed E-state index contributed by atoms with van der Waals surface area (Å²) in [6.07, 6.45) is 8.91. The lowest BCUT2D eigenvalue weighted by Gasteiger charge is -2.05. The van der Waals surface area contributed by atoms with Crippen LogP contribution in [-0.4, -0.2) is 35.3 Å². The highest BCUT2D eigenvalue weighted by atomic mass is 19.2. The second-order valence-corrected chi connectivity index (χ2v) is 6.53. The Hall–Kier alpha value is -3.42. The lowest BCUT2D eigenvalue weighted by Crippen LogP contribution is -2.16. The fourth-order valence-electron chi connectivity index (χ4n) is 2.99. The molecule has 0 amide bonds. The van der Waals surface area contributed by atoms with Crippen LogP contribution in [0.2, 0.25) is 0 Å². The molecule has 3 rings (SSSR count). The molecule has 0 spiro atoms. The van der Waals surface area contributed by atoms with Gasteiger partial charge in [0, 0.05) is 11.4 Å². The molecule has 1 N–H and O–H groups in total. The average Bonchev–Trinajstić information content (AvgIpc) is 3.23. The van der Waals surface area contributed by atoms with Crippen molar-refractivity contribution >= 4 is 31.2 Å². The SMILES string of the molecule is Cc1cc(C)n(B(F)F)c1/C=C1/C=CC(/C=C/c2ccc(OCC(=O)O)cc2)=N1. The predicted molar refractivity (Wildman–Crippen MR) is 110 cm³/mol. The van der Waals surface area contributed by atoms with E-state index < -0.39 is 13.4 Å². The van der Waals surface area contributed by atoms with E-state index in [2.05, 4.69) is 4.99 Å². The molecule has 0 saturated carbocycles. The van der Waals surface area contributed by atoms with Gasteiger partial charge in [-0.15, -0.1) is 0 Å². The topological polar surface area (TPSA) is 63.8 Å². The van der Waals surface area contributed by atoms with Crippen LogP contribution in [0.25, 0.3) is 12.2 Å². The van der Waals surface area contributed by atoms with Gasteiger partial charge in [0.05, 0.1) is 11.4 Å². The van der Waals surface area contributed by atoms with E-state index in [1.165, 1.54) is 0 Å². The van der Waals surface area contributed by atoms with Crippen molar-refractivity contribution in [3.05, 3.63) is 76.8 Å². The zero-order valence-corrected chi connectivity index (χ0v) is 16.0. The lowest BCUT2D eigenvalue weighted by molar-refractivity contribution is -0.139. The highest BCUT2D eigenvalue weighted by Gasteiger charge is 2.23. The molecule has 0 atom stereocenters. The van der Waals surface area contributed by atoms with Gasteiger partial charge in [-0.2, -0.15) is 0 Å². The first kappa shape index (κ1) is 20.3. The molecule has 0 unspecified atom stereocenters. The van der Waals surface area contributed by atoms with Gasteiger partial charge >= 0.3 is 13.4 Å². The van der Waals surface area contributed by atoms with Gasteiger partial charge in [0.1, 0.15) is 5.75 Å². The molecule has 0 bridgehead atoms. The maximum atomic E-state index is 13.3. The number of nitrogens with zero attached hydrogens (tertiary/aromatic N) is 2. The molecule has 1 aromatic heterocycles. The van der Waals surface area contributed by atoms with Crippen LogP contribution in [0, 0.1) is 13.8 Å². The van der Waals surface area contributed by atoms with Gasteiger partial charge in [-0.05, 0) is 67.5 Å². The van der Waals surface area contributed by atoms with Gasteiger partial charge in [0.15, 0.2) is 6.61 Å². The summed E-state index contributed by atoms with van der Waals surface area (Å²) in [5.74, 6) is -0.560. The maximum Gasteiger partial charge on any atom is 0.677 e. The number of halogens is 2. The first-order chi connectivity index (χ1) is 13.8. The van der Waals surface area contributed by atoms with Crippen LogP contribution in [-0.2, 0) is 4.79 Å². The Morgan fingerprint density at radius 3 is 2.59 bits per heavy atom. The van der Waals surface area contributed by atoms with Gasteiger partial charge in [0.2, 0.25) is 0 Å². The maximum absolute atomic E-state index is 13.3. The summed E-state index contributed by atoms with van der Waals surface area (Å²) in [7, 11) is -2.60. The number of carboxylic acid groups (broad SMARTS) is 1. The third-order valence-corrected chi connectivity index (χ3v) is 4.32. The Bertz CT molecular complexity index is 1030. The number of benzene rings is 1. The van der Waals surface area contributed by atoms with E-state index >= 15 is 0 Å². The summed E-state index contributed by atoms with van der Waals surface area (Å²) in [5.41, 5.74) is 3.92. The van der Waals surface area contributed by atoms with E-state index in [1.807, 2.05) is 18.2 Å². The summed E-state index contributed by atoms with van der Waals surface area (Å²) < 4.78 is 32.7. The molecule has 29 heavy (non-hydrogen) atoms. The van der Waals surface area contributed by atoms with Crippen LogP contribution >= 0.6 is 0 Å². The minimum Gasteiger partial charge on any atom is -0.482 e. The van der Waals surface area contributed by atoms with Crippen molar-refractivity contribution in [2.45, 2.75) is 13.8 Å². The van der Waals surface area contributed by atoms with E-state index in [4.69, 9.17) is 9.84 Å². The molecule has 2 heterocycles. The van der Waals surface area contributed by atoms with Crippen LogP contribution in [0.1, 0.15) is 22.5 Å². The average molecular weight is 396 g/mol. The first-order valence-electron chi connectivity index (χ1n) is 8.91. The number of hydrogen-bond donors (Lipinski definition) is 1. The highest BCUT2D eigenvalue weighted by Crippen LogP contribution is 2.22. The molecule has 0 fully saturated rings. The molecule has 0 aliphatic carbocycles. The quantitative estimate of drug-likeness (QED) is 0.706. The Morgan fingerprint density at radius 1 is 1.21 bits per heavy atom. The monoisotopic (exact) mass is 396 g/mol. The van der Waals surface area contributed by atoms with Crippen molar-refractivity contribution in [2.24, 2.45) is 4.99 Å². The molecule has 1 aliphatic heterocycles. The van der Waals surface area contributed by atoms with Crippen molar-refractivity contribution in [3.8, 4) is 5.75 Å². The van der Waals surface area contributed by atoms with E-state index in [0.717, 1.165) is 15.6 Å². The fourth-order valence-corrected chi connectivity index (χ4v) is 2.99. The molecule has 5 nitrogen and oxygen atoms in total. The van der Waals surface area contributed by atoms with Crippen LogP contribution in [0.5, 0.6) is 5.75 Å². The zero-order chi connectivity index (χ0) is 21.0. The molecule has 148 valence electrons. The summed E-state index contributed by atoms with van der Waals surface area (Å²) in [6, 6.07) is 8.69. The van der Waals surface area contributed by atoms with Gasteiger partial charge in [-0.1, -0.05) is 18.2 Å². The normalized spacial score (nSPS) is 14.6. The number of carbonyl (C=O) groups is 1. The molecule has 0 radical (unpaired) electrons. The van der Waals surface area contributed by atoms with Gasteiger partial charge < -0.3 is 14.3 Å². The number of ether oxygens (including phenoxy) is 1. The van der Waals surface area contributed by atoms with E-state index in [9.17, 15) is 13.4 Å². The van der Waals surface area contributed by atoms with Crippen LogP contribution in [0.15, 0.2) is 59.2 Å². The third-order valence-electron chi connectivity index (χ3n) is 4.32. The van der Waals surface area contributed by atoms with E-state index in [1.54, 1.807) is 56.3 Å². The highest BCUT2D eigenvalue weighted by molar-refractivity contribution is 6.41. The second kappa shape index (κ2) is 8.73. The molecule has 1 aromatic carbocycles. The van der Waals surface area contributed by atoms with Crippen molar-refractivity contribution < 1.29 is 23.3 Å². The number of hydrogen-bond acceptors (Lipinski definition) is 3. The molecule has 2 aromatic rings. The van der Waals surface area contributed by atoms with Gasteiger partial charge in [0.25, 0.3) is 0 Å². The van der Waals surface area contributed by atoms with Crippen LogP contribution < -0.4 is 4.74 Å². The summed E-state index contributed by atoms with van der Waals surface area (Å²) in [5, 5.41) is 8.61. The zero-order valence-electron chi connectivity index (χ0n) is 16.0. The summed E-state index contributed by atoms with van der Waals surface area (Å²) in [6.45, 7) is 3.06. The van der Waals surface area contributed by atoms with Crippen LogP contribution in [0.3, 0.4) is 0 Å². The summed E-state index contributed by atoms with van der Waals surface area (Å²) in [4.78, 5) is 15.0. The fraction of sp³-hybridized carbons (Fsp3) is 0.143. The number of rotatable bonds is 7. The smallest absolute Gasteiger partial charge is 0.482 e. The van der Waals surface area contributed by atoms with Crippen molar-refractivity contribution in [2.75, 3.05) is 6.61 Å². The molecular weight excluding hydrogens is 377 g/mol. The standard InChI is InChI=1S/C21H19BF2N2O3/c1-14-11-15(2)26(22(23)24)20(14)12-18-8-7-17(25-18)6-3-16-4-9-19(10-5-16)29-13-21(27)28/h3-12H,13H2,1-2H3,(H,27,28)/b6-3+,18-12-. The molecule has 1 aliphatic rings. The Labute approximate surface area is 167 Å². The van der Waals surface area contributed by atoms with Crippen molar-refractivity contribution in [1.82, 2.24) is 4.48 Å². The number of aliphatic imine (C=N–C) groups is 1. The van der Waals surface area contributed by atoms with Crippen LogP contribution in [0.4, 0.5) is 8.63 Å². The molecule has 8 heteroatoms. The number of carboxylic acids is 1. The largest absolute Gasteiger partial charge is 0.677 e. The lowest BCUT2D eigenvalue weighted by atomic mass is 10.1. The van der Waals surface area contributed by atoms with Gasteiger partial charge in [-0.3, -0.25) is 8.63 Å². The van der Waals surface area contributed by atoms with E-state index in [0.29, 0.717) is 28.5 Å². The van der Waals surface area contributed by atoms with Crippen molar-refractivity contribution in [3.63, 3.8) is 0 Å². The summed E-state index contributed by atoms with van der Waals surface area (Å²) >= 11 is 0. The van der Waals surface area contributed by atoms with E-state index in [-0.39, 0.29) is 6.61 Å². The molecular formula is C21H19BF2N2O3. The van der Waals surface area contributed by atoms with Gasteiger partial charge in [-0.25, -0.2) is 9.79 Å². The Balaban J connectivity index is 1.72. The third kappa shape index (κ3) is 5.10.